The molecule has 2 aliphatic rings. The summed E-state index contributed by atoms with van der Waals surface area (Å²) in [5.74, 6) is -1.89. The minimum absolute atomic E-state index is 0.0474. The molecule has 1 unspecified atom stereocenters. The second kappa shape index (κ2) is 4.46. The molecule has 104 valence electrons. The van der Waals surface area contributed by atoms with E-state index in [9.17, 15) is 13.3 Å². The number of nitrogens with two attached hydrogens (primary N) is 1. The smallest absolute Gasteiger partial charge is 0.249 e. The summed E-state index contributed by atoms with van der Waals surface area (Å²) in [6.07, 6.45) is 6.76. The van der Waals surface area contributed by atoms with Crippen LogP contribution in [0.25, 0.3) is 0 Å². The third-order valence-corrected chi connectivity index (χ3v) is 5.39. The SMILES string of the molecule is CC(C)(C=CCC1CC2(C1)CC(F)(F)C2)[S+](N)[O-]. The summed E-state index contributed by atoms with van der Waals surface area (Å²) in [4.78, 5) is 0. The van der Waals surface area contributed by atoms with Crippen molar-refractivity contribution in [2.45, 2.75) is 56.6 Å². The molecule has 18 heavy (non-hydrogen) atoms. The first-order chi connectivity index (χ1) is 8.14. The van der Waals surface area contributed by atoms with Gasteiger partial charge < -0.3 is 4.55 Å². The van der Waals surface area contributed by atoms with Crippen LogP contribution in [-0.4, -0.2) is 15.2 Å². The van der Waals surface area contributed by atoms with Gasteiger partial charge in [-0.1, -0.05) is 6.08 Å². The Morgan fingerprint density at radius 2 is 1.94 bits per heavy atom. The van der Waals surface area contributed by atoms with E-state index in [0.717, 1.165) is 19.3 Å². The molecule has 5 heteroatoms. The van der Waals surface area contributed by atoms with E-state index in [-0.39, 0.29) is 18.3 Å². The zero-order chi connectivity index (χ0) is 13.6. The molecular formula is C13H21F2NOS. The van der Waals surface area contributed by atoms with E-state index < -0.39 is 22.0 Å². The molecule has 0 bridgehead atoms. The number of hydrogen-bond acceptors (Lipinski definition) is 2. The molecule has 0 aromatic heterocycles. The van der Waals surface area contributed by atoms with Crippen molar-refractivity contribution in [3.05, 3.63) is 12.2 Å². The summed E-state index contributed by atoms with van der Waals surface area (Å²) in [5.41, 5.74) is -0.0474. The number of allylic oxidation sites excluding steroid dienone is 1. The predicted molar refractivity (Wildman–Crippen MR) is 69.5 cm³/mol. The molecule has 1 spiro atoms. The highest BCUT2D eigenvalue weighted by Gasteiger charge is 2.61. The van der Waals surface area contributed by atoms with Crippen LogP contribution in [0.4, 0.5) is 8.78 Å². The van der Waals surface area contributed by atoms with E-state index >= 15 is 0 Å². The van der Waals surface area contributed by atoms with E-state index in [2.05, 4.69) is 0 Å². The first kappa shape index (κ1) is 14.3. The van der Waals surface area contributed by atoms with Gasteiger partial charge in [0.2, 0.25) is 5.92 Å². The second-order valence-electron chi connectivity index (χ2n) is 6.52. The topological polar surface area (TPSA) is 49.1 Å². The average Bonchev–Trinajstić information content (AvgIpc) is 2.10. The molecule has 2 fully saturated rings. The summed E-state index contributed by atoms with van der Waals surface area (Å²) in [6, 6.07) is 0. The van der Waals surface area contributed by atoms with Gasteiger partial charge in [-0.15, -0.1) is 0 Å². The molecule has 0 aliphatic heterocycles. The molecular weight excluding hydrogens is 256 g/mol. The Bertz CT molecular complexity index is 339. The van der Waals surface area contributed by atoms with Crippen molar-refractivity contribution in [2.24, 2.45) is 16.5 Å². The lowest BCUT2D eigenvalue weighted by atomic mass is 9.50. The zero-order valence-corrected chi connectivity index (χ0v) is 11.7. The maximum atomic E-state index is 12.8. The Labute approximate surface area is 110 Å². The van der Waals surface area contributed by atoms with Gasteiger partial charge >= 0.3 is 0 Å². The Balaban J connectivity index is 1.71. The van der Waals surface area contributed by atoms with Gasteiger partial charge in [-0.3, -0.25) is 0 Å². The van der Waals surface area contributed by atoms with E-state index in [1.807, 2.05) is 26.0 Å². The Morgan fingerprint density at radius 3 is 2.39 bits per heavy atom. The van der Waals surface area contributed by atoms with Crippen LogP contribution in [0.2, 0.25) is 0 Å². The maximum Gasteiger partial charge on any atom is 0.249 e. The summed E-state index contributed by atoms with van der Waals surface area (Å²) in [6.45, 7) is 3.66. The lowest BCUT2D eigenvalue weighted by molar-refractivity contribution is -0.206. The fourth-order valence-corrected chi connectivity index (χ4v) is 3.51. The van der Waals surface area contributed by atoms with Crippen LogP contribution in [0.5, 0.6) is 0 Å². The molecule has 2 nitrogen and oxygen atoms in total. The van der Waals surface area contributed by atoms with E-state index in [1.54, 1.807) is 0 Å². The molecule has 0 heterocycles. The highest BCUT2D eigenvalue weighted by molar-refractivity contribution is 7.90. The molecule has 0 aromatic rings. The fourth-order valence-electron chi connectivity index (χ4n) is 3.28. The van der Waals surface area contributed by atoms with Crippen LogP contribution < -0.4 is 5.14 Å². The van der Waals surface area contributed by atoms with Crippen LogP contribution in [0.1, 0.15) is 46.0 Å². The average molecular weight is 277 g/mol. The molecule has 2 saturated carbocycles. The maximum absolute atomic E-state index is 12.8. The monoisotopic (exact) mass is 277 g/mol. The molecule has 2 rings (SSSR count). The van der Waals surface area contributed by atoms with Gasteiger partial charge in [0.25, 0.3) is 0 Å². The molecule has 2 aliphatic carbocycles. The van der Waals surface area contributed by atoms with Crippen LogP contribution in [-0.2, 0) is 11.4 Å². The number of hydrogen-bond donors (Lipinski definition) is 1. The van der Waals surface area contributed by atoms with Crippen LogP contribution in [0.15, 0.2) is 12.2 Å². The normalized spacial score (nSPS) is 28.1. The third kappa shape index (κ3) is 2.89. The first-order valence-corrected chi connectivity index (χ1v) is 7.57. The van der Waals surface area contributed by atoms with Gasteiger partial charge in [-0.2, -0.15) is 5.14 Å². The zero-order valence-electron chi connectivity index (χ0n) is 10.9. The van der Waals surface area contributed by atoms with Gasteiger partial charge in [-0.05, 0) is 50.5 Å². The quantitative estimate of drug-likeness (QED) is 0.634. The molecule has 0 saturated heterocycles. The summed E-state index contributed by atoms with van der Waals surface area (Å²) >= 11 is -1.38. The van der Waals surface area contributed by atoms with Gasteiger partial charge in [-0.25, -0.2) is 8.78 Å². The van der Waals surface area contributed by atoms with Crippen LogP contribution in [0.3, 0.4) is 0 Å². The van der Waals surface area contributed by atoms with E-state index in [4.69, 9.17) is 5.14 Å². The Hall–Kier alpha value is -0.130. The molecule has 0 radical (unpaired) electrons. The molecule has 1 atom stereocenters. The van der Waals surface area contributed by atoms with Gasteiger partial charge in [0.15, 0.2) is 4.75 Å². The highest BCUT2D eigenvalue weighted by atomic mass is 32.2. The van der Waals surface area contributed by atoms with Crippen molar-refractivity contribution in [3.8, 4) is 0 Å². The fraction of sp³-hybridized carbons (Fsp3) is 0.846. The lowest BCUT2D eigenvalue weighted by Crippen LogP contribution is -2.53. The molecule has 2 N–H and O–H groups in total. The highest BCUT2D eigenvalue weighted by Crippen LogP contribution is 2.65. The minimum atomic E-state index is -2.40. The number of rotatable bonds is 4. The standard InChI is InChI=1S/C13H21F2NOS/c1-11(2,18(16)17)5-3-4-10-6-12(7-10)8-13(14,15)9-12/h3,5,10H,4,6-9,16H2,1-2H3. The first-order valence-electron chi connectivity index (χ1n) is 6.36. The number of halogens is 2. The van der Waals surface area contributed by atoms with E-state index in [0.29, 0.717) is 5.92 Å². The van der Waals surface area contributed by atoms with Crippen LogP contribution >= 0.6 is 0 Å². The summed E-state index contributed by atoms with van der Waals surface area (Å²) in [5, 5.41) is 5.37. The second-order valence-corrected chi connectivity index (χ2v) is 8.17. The minimum Gasteiger partial charge on any atom is -0.598 e. The van der Waals surface area contributed by atoms with Crippen molar-refractivity contribution in [1.82, 2.24) is 0 Å². The van der Waals surface area contributed by atoms with Crippen molar-refractivity contribution in [1.29, 1.82) is 0 Å². The molecule has 0 aromatic carbocycles. The van der Waals surface area contributed by atoms with Gasteiger partial charge in [0.05, 0.1) is 0 Å². The third-order valence-electron chi connectivity index (χ3n) is 4.22. The lowest BCUT2D eigenvalue weighted by Gasteiger charge is -2.57. The van der Waals surface area contributed by atoms with Gasteiger partial charge in [0, 0.05) is 24.2 Å². The summed E-state index contributed by atoms with van der Waals surface area (Å²) < 4.78 is 36.3. The van der Waals surface area contributed by atoms with Gasteiger partial charge in [0.1, 0.15) is 0 Å². The largest absolute Gasteiger partial charge is 0.598 e. The predicted octanol–water partition coefficient (Wildman–Crippen LogP) is 3.16. The Morgan fingerprint density at radius 1 is 1.39 bits per heavy atom. The molecule has 0 amide bonds. The Kier molecular flexibility index (Phi) is 3.54. The van der Waals surface area contributed by atoms with Crippen LogP contribution in [0, 0.1) is 11.3 Å². The number of alkyl halides is 2. The van der Waals surface area contributed by atoms with E-state index in [1.165, 1.54) is 0 Å². The van der Waals surface area contributed by atoms with Crippen molar-refractivity contribution in [3.63, 3.8) is 0 Å². The summed E-state index contributed by atoms with van der Waals surface area (Å²) in [7, 11) is 0. The van der Waals surface area contributed by atoms with Crippen molar-refractivity contribution in [2.75, 3.05) is 0 Å². The van der Waals surface area contributed by atoms with Crippen molar-refractivity contribution >= 4 is 11.4 Å². The van der Waals surface area contributed by atoms with Crippen molar-refractivity contribution < 1.29 is 13.3 Å².